The summed E-state index contributed by atoms with van der Waals surface area (Å²) >= 11 is 0. The number of aromatic carboxylic acids is 1. The molecule has 0 spiro atoms. The molecule has 4 aliphatic carbocycles. The summed E-state index contributed by atoms with van der Waals surface area (Å²) in [4.78, 5) is 71.9. The van der Waals surface area contributed by atoms with E-state index in [-0.39, 0.29) is 34.7 Å². The molecule has 31 nitrogen and oxygen atoms in total. The molecule has 138 heavy (non-hydrogen) atoms. The summed E-state index contributed by atoms with van der Waals surface area (Å²) in [6.45, 7) is 18.9. The second kappa shape index (κ2) is 45.3. The number of benzene rings is 5. The summed E-state index contributed by atoms with van der Waals surface area (Å²) in [6, 6.07) is 32.0. The Kier molecular flexibility index (Phi) is 33.7. The van der Waals surface area contributed by atoms with Crippen LogP contribution in [-0.4, -0.2) is 285 Å². The van der Waals surface area contributed by atoms with E-state index in [0.29, 0.717) is 61.0 Å². The van der Waals surface area contributed by atoms with Crippen molar-refractivity contribution in [3.05, 3.63) is 165 Å². The van der Waals surface area contributed by atoms with Gasteiger partial charge in [0, 0.05) is 89.9 Å². The normalized spacial score (nSPS) is 17.6. The predicted octanol–water partition coefficient (Wildman–Crippen LogP) is 15.3. The largest absolute Gasteiger partial charge is 0.673 e. The van der Waals surface area contributed by atoms with Gasteiger partial charge in [-0.3, -0.25) is 28.6 Å². The number of hydrogen-bond acceptors (Lipinski definition) is 20. The van der Waals surface area contributed by atoms with Gasteiger partial charge in [0.25, 0.3) is 17.7 Å². The van der Waals surface area contributed by atoms with Crippen molar-refractivity contribution < 1.29 is 82.0 Å². The van der Waals surface area contributed by atoms with Gasteiger partial charge in [-0.05, 0) is 281 Å². The van der Waals surface area contributed by atoms with Gasteiger partial charge < -0.3 is 70.6 Å². The van der Waals surface area contributed by atoms with Gasteiger partial charge in [0.15, 0.2) is 0 Å². The molecule has 744 valence electrons. The molecule has 7 fully saturated rings. The van der Waals surface area contributed by atoms with E-state index in [2.05, 4.69) is 110 Å². The Bertz CT molecular complexity index is 6350. The number of carboxylic acids is 1. The first kappa shape index (κ1) is 103. The second-order valence-corrected chi connectivity index (χ2v) is 42.7. The van der Waals surface area contributed by atoms with Crippen LogP contribution in [0.1, 0.15) is 242 Å². The van der Waals surface area contributed by atoms with Crippen molar-refractivity contribution in [2.75, 3.05) is 142 Å². The number of allylic oxidation sites excluding steroid dienone is 2. The van der Waals surface area contributed by atoms with Gasteiger partial charge >= 0.3 is 19.2 Å². The first-order chi connectivity index (χ1) is 66.0. The van der Waals surface area contributed by atoms with E-state index in [0.717, 1.165) is 231 Å². The van der Waals surface area contributed by atoms with Gasteiger partial charge in [-0.25, -0.2) is 40.5 Å². The number of carbonyl (C=O) groups excluding carboxylic acids is 3. The third-order valence-corrected chi connectivity index (χ3v) is 30.8. The smallest absolute Gasteiger partial charge is 0.497 e. The number of nitrogens with zero attached hydrogens (tertiary/aromatic N) is 15. The molecule has 4 N–H and O–H groups in total. The number of likely N-dealkylation sites (N-methyl/N-ethyl adjacent to an activating group) is 3. The van der Waals surface area contributed by atoms with Crippen LogP contribution in [-0.2, 0) is 37.9 Å². The summed E-state index contributed by atoms with van der Waals surface area (Å²) < 4.78 is 121. The van der Waals surface area contributed by atoms with E-state index in [4.69, 9.17) is 24.1 Å². The van der Waals surface area contributed by atoms with Gasteiger partial charge in [-0.1, -0.05) is 67.6 Å². The minimum absolute atomic E-state index is 0.00712. The number of nitrogens with one attached hydrogen (secondary N) is 3. The lowest BCUT2D eigenvalue weighted by molar-refractivity contribution is -0.480. The van der Waals surface area contributed by atoms with Gasteiger partial charge in [0.2, 0.25) is 20.0 Å². The molecule has 10 heterocycles. The standard InChI is InChI=1S/C42H52N6O5S.C36H40N4O6S.C11H16N5O.C6H14N2.C5H11NO.BF4/c1-27(2)54(51,52)44-41(49)29-14-16-35-37(24-29)47-26-31(22-30-23-33(53-4)15-17-34(30)40(47)38(35)28-10-6-5-7-11-28)39-36(25-43-48(39)32-12-8-13-32)42(50)46-19-9-18-45(3)20-21-46;1-21(2)47(44,45)38-35(41)23-12-14-29-31(18-23)39-20-25(33-30(36(42)43)19-37-40(33)26-10-7-11-26)16-24-17-27(46-3)13-15-28(24)34(39)32(29)22-8-5-4-6-9-22;1-14(2)11(15(3)4)17-16-10-8-6-5-7-9(10)12-13-16;1-8-5-2-3-7-4-6-8;1-6-2-4-7-5-3-6;2-1(3,4)5/h14-17,22-25,27-28,32H,5-13,18-21,26H2,1-4H3,(H,44,49);12-19,21-22,26H,4-11,20H2,1-3H3,(H,38,41)(H,42,43);5-8H,1-4H3;7H,2-6H2,1H3;2-5H2,1H3;/q;;+1;;;-1. The molecule has 5 aromatic carbocycles. The number of amides is 3. The van der Waals surface area contributed by atoms with Crippen LogP contribution >= 0.6 is 0 Å². The summed E-state index contributed by atoms with van der Waals surface area (Å²) in [5, 5.41) is 31.7. The van der Waals surface area contributed by atoms with Crippen LogP contribution in [0.25, 0.3) is 78.7 Å². The number of halogens is 4. The SMILES string of the molecule is CN(C)C(On1nnc2ccccc21)=[N+](C)C.CN1CCCNCC1.CN1CCOCC1.COc1ccc2c(c1)C=C(c1c(C(=O)N3CCCN(C)CC3)cnn1C1CCC1)Cn1c-2c(C2CCCCC2)c2ccc(C(=O)NS(=O)(=O)C(C)C)cc21.COc1ccc2c(c1)C=C(c1c(C(=O)O)cnn1C1CCC1)Cn1c-2c(C2CCCCC2)c2ccc(C(=O)NS(=O)(=O)C(C)C)cc21.F[B-](F)(F)F. The molecular weight excluding hydrogens is 1810 g/mol. The fraction of sp³-hybridized carbons (Fsp3) is 0.510. The zero-order chi connectivity index (χ0) is 98.6. The van der Waals surface area contributed by atoms with E-state index in [9.17, 15) is 58.4 Å². The highest BCUT2D eigenvalue weighted by molar-refractivity contribution is 7.90. The Labute approximate surface area is 806 Å². The number of para-hydroxylation sites is 1. The fourth-order valence-electron chi connectivity index (χ4n) is 19.4. The van der Waals surface area contributed by atoms with Crippen LogP contribution in [0.3, 0.4) is 0 Å². The van der Waals surface area contributed by atoms with Gasteiger partial charge in [0.1, 0.15) is 28.1 Å². The number of rotatable bonds is 17. The molecule has 4 saturated carbocycles. The van der Waals surface area contributed by atoms with Crippen LogP contribution in [0, 0.1) is 0 Å². The Morgan fingerprint density at radius 1 is 0.543 bits per heavy atom. The average molecular weight is 1950 g/mol. The zero-order valence-electron chi connectivity index (χ0n) is 81.6. The molecule has 38 heteroatoms. The highest BCUT2D eigenvalue weighted by atomic mass is 32.2. The minimum Gasteiger partial charge on any atom is -0.497 e. The molecule has 19 rings (SSSR count). The first-order valence-corrected chi connectivity index (χ1v) is 51.4. The molecule has 0 unspecified atom stereocenters. The summed E-state index contributed by atoms with van der Waals surface area (Å²) in [7, 11) is 3.69. The Hall–Kier alpha value is -11.3. The van der Waals surface area contributed by atoms with Crippen molar-refractivity contribution in [1.29, 1.82) is 0 Å². The van der Waals surface area contributed by atoms with Crippen LogP contribution in [0.15, 0.2) is 109 Å². The number of hydrogen-bond donors (Lipinski definition) is 4. The third kappa shape index (κ3) is 24.2. The first-order valence-electron chi connectivity index (χ1n) is 48.3. The minimum atomic E-state index is -6.00. The molecule has 5 aliphatic heterocycles. The third-order valence-electron chi connectivity index (χ3n) is 27.4. The number of carboxylic acid groups (broad SMARTS) is 1. The maximum absolute atomic E-state index is 14.6. The van der Waals surface area contributed by atoms with Crippen LogP contribution < -0.4 is 29.1 Å². The van der Waals surface area contributed by atoms with Crippen LogP contribution in [0.2, 0.25) is 0 Å². The summed E-state index contributed by atoms with van der Waals surface area (Å²) in [6.07, 6.45) is 27.0. The number of ether oxygens (including phenoxy) is 3. The zero-order valence-corrected chi connectivity index (χ0v) is 83.2. The second-order valence-electron chi connectivity index (χ2n) is 38.2. The van der Waals surface area contributed by atoms with Gasteiger partial charge in [-0.2, -0.15) is 10.2 Å². The van der Waals surface area contributed by atoms with E-state index in [1.165, 1.54) is 74.9 Å². The molecule has 5 aromatic heterocycles. The number of aromatic nitrogens is 9. The molecule has 0 bridgehead atoms. The molecule has 10 aromatic rings. The monoisotopic (exact) mass is 1940 g/mol. The number of carbonyl (C=O) groups is 4. The lowest BCUT2D eigenvalue weighted by Gasteiger charge is -2.29. The molecule has 0 atom stereocenters. The summed E-state index contributed by atoms with van der Waals surface area (Å²) in [5.41, 5.74) is 16.4. The van der Waals surface area contributed by atoms with E-state index >= 15 is 0 Å². The maximum Gasteiger partial charge on any atom is 0.673 e. The van der Waals surface area contributed by atoms with E-state index in [1.807, 2.05) is 108 Å². The quantitative estimate of drug-likeness (QED) is 0.0216. The van der Waals surface area contributed by atoms with Crippen LogP contribution in [0.5, 0.6) is 11.5 Å². The molecular formula is C100H133BF4N18O13S2. The highest BCUT2D eigenvalue weighted by Gasteiger charge is 2.39. The molecule has 9 aliphatic rings. The van der Waals surface area contributed by atoms with Crippen LogP contribution in [0.4, 0.5) is 17.3 Å². The lowest BCUT2D eigenvalue weighted by Crippen LogP contribution is -2.39. The number of fused-ring (bicyclic) bond motifs is 11. The van der Waals surface area contributed by atoms with E-state index < -0.39 is 55.6 Å². The maximum atomic E-state index is 14.6. The van der Waals surface area contributed by atoms with Crippen molar-refractivity contribution in [3.63, 3.8) is 0 Å². The van der Waals surface area contributed by atoms with Crippen molar-refractivity contribution >= 4 is 113 Å². The number of methoxy groups -OCH3 is 2. The topological polar surface area (TPSA) is 325 Å². The highest BCUT2D eigenvalue weighted by Crippen LogP contribution is 2.52. The van der Waals surface area contributed by atoms with Gasteiger partial charge in [0.05, 0.1) is 132 Å². The number of amidine groups is 1. The molecule has 0 radical (unpaired) electrons. The molecule has 3 saturated heterocycles. The Morgan fingerprint density at radius 2 is 1.01 bits per heavy atom. The van der Waals surface area contributed by atoms with Crippen molar-refractivity contribution in [2.24, 2.45) is 0 Å². The van der Waals surface area contributed by atoms with Crippen molar-refractivity contribution in [3.8, 4) is 34.0 Å². The molecule has 3 amide bonds. The van der Waals surface area contributed by atoms with Crippen molar-refractivity contribution in [1.82, 2.24) is 83.1 Å². The van der Waals surface area contributed by atoms with Gasteiger partial charge in [-0.15, -0.1) is 5.10 Å². The average Bonchev–Trinajstić information content (AvgIpc) is 1.57. The Morgan fingerprint density at radius 3 is 1.46 bits per heavy atom. The predicted molar refractivity (Wildman–Crippen MR) is 532 cm³/mol. The number of morpholine rings is 1. The van der Waals surface area contributed by atoms with E-state index in [1.54, 1.807) is 52.5 Å². The Balaban J connectivity index is 0.000000161. The summed E-state index contributed by atoms with van der Waals surface area (Å²) in [5.74, 6) is -0.283. The lowest BCUT2D eigenvalue weighted by atomic mass is 9.81. The van der Waals surface area contributed by atoms with Crippen molar-refractivity contribution in [2.45, 2.75) is 191 Å². The number of sulfonamides is 2. The fourth-order valence-corrected chi connectivity index (χ4v) is 20.6.